The van der Waals surface area contributed by atoms with Gasteiger partial charge < -0.3 is 10.6 Å². The van der Waals surface area contributed by atoms with Crippen molar-refractivity contribution in [2.45, 2.75) is 62.4 Å². The van der Waals surface area contributed by atoms with E-state index in [1.165, 1.54) is 12.0 Å². The molecule has 1 saturated heterocycles. The van der Waals surface area contributed by atoms with Crippen LogP contribution in [0.1, 0.15) is 50.5 Å². The van der Waals surface area contributed by atoms with Crippen LogP contribution in [0.4, 0.5) is 4.39 Å². The Morgan fingerprint density at radius 1 is 1.11 bits per heavy atom. The summed E-state index contributed by atoms with van der Waals surface area (Å²) in [6.07, 6.45) is 6.89. The molecule has 5 unspecified atom stereocenters. The number of carbonyl (C=O) groups is 1. The van der Waals surface area contributed by atoms with Crippen LogP contribution in [-0.2, 0) is 10.2 Å². The second-order valence-electron chi connectivity index (χ2n) is 10.4. The van der Waals surface area contributed by atoms with Crippen LogP contribution in [-0.4, -0.2) is 31.2 Å². The summed E-state index contributed by atoms with van der Waals surface area (Å²) in [6.45, 7) is 0.746. The van der Waals surface area contributed by atoms with Crippen molar-refractivity contribution >= 4 is 5.91 Å². The van der Waals surface area contributed by atoms with Gasteiger partial charge in [-0.05, 0) is 74.3 Å². The fraction of sp³-hybridized carbons (Fsp3) is 0.696. The van der Waals surface area contributed by atoms with Crippen LogP contribution in [0.2, 0.25) is 0 Å². The molecule has 1 amide bonds. The molecule has 1 aliphatic heterocycles. The summed E-state index contributed by atoms with van der Waals surface area (Å²) in [4.78, 5) is 13.7. The fourth-order valence-electron chi connectivity index (χ4n) is 8.24. The Balaban J connectivity index is 1.35. The first-order valence-corrected chi connectivity index (χ1v) is 10.7. The molecule has 2 N–H and O–H groups in total. The predicted octanol–water partition coefficient (Wildman–Crippen LogP) is 3.34. The summed E-state index contributed by atoms with van der Waals surface area (Å²) in [5, 5.41) is 6.96. The van der Waals surface area contributed by atoms with Gasteiger partial charge in [0.15, 0.2) is 0 Å². The average Bonchev–Trinajstić information content (AvgIpc) is 3.39. The highest BCUT2D eigenvalue weighted by molar-refractivity contribution is 5.86. The molecule has 0 aromatic heterocycles. The molecule has 27 heavy (non-hydrogen) atoms. The number of nitrogens with one attached hydrogen (secondary N) is 2. The lowest BCUT2D eigenvalue weighted by Crippen LogP contribution is -2.55. The van der Waals surface area contributed by atoms with Crippen molar-refractivity contribution in [1.82, 2.24) is 10.6 Å². The lowest BCUT2D eigenvalue weighted by molar-refractivity contribution is -0.138. The fourth-order valence-corrected chi connectivity index (χ4v) is 8.24. The van der Waals surface area contributed by atoms with Gasteiger partial charge in [0.2, 0.25) is 5.91 Å². The summed E-state index contributed by atoms with van der Waals surface area (Å²) in [5.41, 5.74) is 0.380. The number of rotatable bonds is 4. The van der Waals surface area contributed by atoms with Crippen LogP contribution in [0.5, 0.6) is 0 Å². The van der Waals surface area contributed by atoms with Crippen molar-refractivity contribution in [3.63, 3.8) is 0 Å². The van der Waals surface area contributed by atoms with E-state index < -0.39 is 10.8 Å². The van der Waals surface area contributed by atoms with E-state index >= 15 is 0 Å². The quantitative estimate of drug-likeness (QED) is 0.856. The minimum absolute atomic E-state index is 0.00120. The molecule has 5 aliphatic carbocycles. The SMILES string of the molecule is O=C(NC1CC2CNC1C2)C12CC3C[C@](c4ccccc4)(C1)C[C@@]2(CF)C3. The number of piperidine rings is 1. The van der Waals surface area contributed by atoms with Gasteiger partial charge in [0.05, 0.1) is 12.1 Å². The monoisotopic (exact) mass is 368 g/mol. The van der Waals surface area contributed by atoms with E-state index in [4.69, 9.17) is 0 Å². The summed E-state index contributed by atoms with van der Waals surface area (Å²) in [5.74, 6) is 1.37. The van der Waals surface area contributed by atoms with Gasteiger partial charge in [0.1, 0.15) is 0 Å². The first kappa shape index (κ1) is 16.5. The summed E-state index contributed by atoms with van der Waals surface area (Å²) >= 11 is 0. The van der Waals surface area contributed by atoms with Gasteiger partial charge in [-0.3, -0.25) is 9.18 Å². The Morgan fingerprint density at radius 2 is 1.96 bits per heavy atom. The number of carbonyl (C=O) groups excluding carboxylic acids is 1. The van der Waals surface area contributed by atoms with E-state index in [9.17, 15) is 9.18 Å². The highest BCUT2D eigenvalue weighted by atomic mass is 19.1. The molecule has 3 nitrogen and oxygen atoms in total. The molecule has 144 valence electrons. The average molecular weight is 368 g/mol. The zero-order valence-electron chi connectivity index (χ0n) is 15.8. The molecule has 6 aliphatic rings. The number of hydrogen-bond donors (Lipinski definition) is 2. The van der Waals surface area contributed by atoms with Gasteiger partial charge in [-0.2, -0.15) is 0 Å². The third-order valence-corrected chi connectivity index (χ3v) is 9.05. The van der Waals surface area contributed by atoms with Gasteiger partial charge >= 0.3 is 0 Å². The Hall–Kier alpha value is -1.42. The maximum Gasteiger partial charge on any atom is 0.227 e. The summed E-state index contributed by atoms with van der Waals surface area (Å²) in [7, 11) is 0. The largest absolute Gasteiger partial charge is 0.351 e. The van der Waals surface area contributed by atoms with Gasteiger partial charge in [-0.15, -0.1) is 0 Å². The molecule has 0 spiro atoms. The van der Waals surface area contributed by atoms with Crippen LogP contribution < -0.4 is 10.6 Å². The number of benzene rings is 1. The van der Waals surface area contributed by atoms with Crippen molar-refractivity contribution in [2.75, 3.05) is 13.2 Å². The molecule has 5 saturated carbocycles. The van der Waals surface area contributed by atoms with Crippen LogP contribution in [0.3, 0.4) is 0 Å². The van der Waals surface area contributed by atoms with E-state index in [2.05, 4.69) is 34.9 Å². The van der Waals surface area contributed by atoms with Crippen LogP contribution in [0.15, 0.2) is 30.3 Å². The molecule has 4 heteroatoms. The number of hydrogen-bond acceptors (Lipinski definition) is 2. The molecule has 7 atom stereocenters. The molecule has 1 aromatic carbocycles. The third-order valence-electron chi connectivity index (χ3n) is 9.05. The normalized spacial score (nSPS) is 49.1. The summed E-state index contributed by atoms with van der Waals surface area (Å²) < 4.78 is 14.6. The van der Waals surface area contributed by atoms with Gasteiger partial charge in [-0.25, -0.2) is 0 Å². The third kappa shape index (κ3) is 2.03. The molecular formula is C23H29FN2O. The van der Waals surface area contributed by atoms with E-state index in [1.54, 1.807) is 0 Å². The second-order valence-corrected chi connectivity index (χ2v) is 10.4. The summed E-state index contributed by atoms with van der Waals surface area (Å²) in [6, 6.07) is 11.3. The van der Waals surface area contributed by atoms with E-state index in [0.717, 1.165) is 45.1 Å². The van der Waals surface area contributed by atoms with Gasteiger partial charge in [0, 0.05) is 17.5 Å². The van der Waals surface area contributed by atoms with Gasteiger partial charge in [-0.1, -0.05) is 30.3 Å². The minimum atomic E-state index is -0.498. The van der Waals surface area contributed by atoms with E-state index in [0.29, 0.717) is 17.9 Å². The molecule has 6 bridgehead atoms. The lowest BCUT2D eigenvalue weighted by atomic mass is 9.63. The maximum absolute atomic E-state index is 14.6. The Labute approximate surface area is 160 Å². The standard InChI is InChI=1S/C23H29FN2O/c24-14-22-9-16-8-21(12-22,17-4-2-1-3-5-17)13-23(22,10-16)20(27)26-19-7-15-6-18(19)25-11-15/h1-5,15-16,18-19,25H,6-14H2,(H,26,27)/t15?,16?,18?,19?,21-,22-,23?/m1/s1. The number of amides is 1. The molecule has 0 radical (unpaired) electrons. The Bertz CT molecular complexity index is 784. The molecule has 1 heterocycles. The zero-order chi connectivity index (χ0) is 18.3. The van der Waals surface area contributed by atoms with Crippen LogP contribution in [0.25, 0.3) is 0 Å². The molecule has 7 rings (SSSR count). The van der Waals surface area contributed by atoms with Crippen molar-refractivity contribution < 1.29 is 9.18 Å². The second kappa shape index (κ2) is 5.34. The van der Waals surface area contributed by atoms with Crippen molar-refractivity contribution in [1.29, 1.82) is 0 Å². The van der Waals surface area contributed by atoms with E-state index in [1.807, 2.05) is 6.07 Å². The first-order valence-electron chi connectivity index (χ1n) is 10.7. The zero-order valence-corrected chi connectivity index (χ0v) is 15.8. The Morgan fingerprint density at radius 3 is 2.67 bits per heavy atom. The number of halogens is 1. The van der Waals surface area contributed by atoms with Crippen LogP contribution in [0, 0.1) is 22.7 Å². The maximum atomic E-state index is 14.6. The topological polar surface area (TPSA) is 41.1 Å². The molecular weight excluding hydrogens is 339 g/mol. The minimum Gasteiger partial charge on any atom is -0.351 e. The predicted molar refractivity (Wildman–Crippen MR) is 102 cm³/mol. The van der Waals surface area contributed by atoms with Crippen molar-refractivity contribution in [3.05, 3.63) is 35.9 Å². The highest BCUT2D eigenvalue weighted by Crippen LogP contribution is 2.76. The smallest absolute Gasteiger partial charge is 0.227 e. The number of alkyl halides is 1. The van der Waals surface area contributed by atoms with Crippen molar-refractivity contribution in [2.24, 2.45) is 22.7 Å². The lowest BCUT2D eigenvalue weighted by Gasteiger charge is -2.41. The van der Waals surface area contributed by atoms with E-state index in [-0.39, 0.29) is 24.0 Å². The highest BCUT2D eigenvalue weighted by Gasteiger charge is 2.74. The van der Waals surface area contributed by atoms with Gasteiger partial charge in [0.25, 0.3) is 0 Å². The van der Waals surface area contributed by atoms with Crippen molar-refractivity contribution in [3.8, 4) is 0 Å². The molecule has 1 aromatic rings. The van der Waals surface area contributed by atoms with Crippen LogP contribution >= 0.6 is 0 Å². The Kier molecular flexibility index (Phi) is 3.27. The number of fused-ring (bicyclic) bond motifs is 2. The first-order chi connectivity index (χ1) is 13.1. The molecule has 6 fully saturated rings.